The van der Waals surface area contributed by atoms with Gasteiger partial charge in [-0.25, -0.2) is 4.79 Å². The van der Waals surface area contributed by atoms with Crippen LogP contribution in [0, 0.1) is 0 Å². The third kappa shape index (κ3) is 3.69. The van der Waals surface area contributed by atoms with Gasteiger partial charge in [-0.2, -0.15) is 0 Å². The number of aromatic nitrogens is 2. The summed E-state index contributed by atoms with van der Waals surface area (Å²) in [6.07, 6.45) is 0.913. The lowest BCUT2D eigenvalue weighted by atomic mass is 9.98. The number of nitrogens with one attached hydrogen (secondary N) is 1. The van der Waals surface area contributed by atoms with E-state index in [2.05, 4.69) is 54.5 Å². The number of rotatable bonds is 2. The maximum absolute atomic E-state index is 12.4. The van der Waals surface area contributed by atoms with Crippen molar-refractivity contribution in [3.8, 4) is 0 Å². The predicted molar refractivity (Wildman–Crippen MR) is 91.4 cm³/mol. The van der Waals surface area contributed by atoms with Gasteiger partial charge in [0.25, 0.3) is 0 Å². The molecule has 5 nitrogen and oxygen atoms in total. The van der Waals surface area contributed by atoms with Crippen LogP contribution in [0.25, 0.3) is 0 Å². The Morgan fingerprint density at radius 2 is 2.00 bits per heavy atom. The molecule has 0 bridgehead atoms. The van der Waals surface area contributed by atoms with E-state index in [9.17, 15) is 4.79 Å². The van der Waals surface area contributed by atoms with Crippen molar-refractivity contribution in [1.29, 1.82) is 0 Å². The van der Waals surface area contributed by atoms with E-state index in [-0.39, 0.29) is 11.4 Å². The normalized spacial score (nSPS) is 14.5. The van der Waals surface area contributed by atoms with Crippen molar-refractivity contribution in [2.24, 2.45) is 0 Å². The second-order valence-electron chi connectivity index (χ2n) is 6.85. The van der Waals surface area contributed by atoms with Crippen molar-refractivity contribution < 1.29 is 4.79 Å². The lowest BCUT2D eigenvalue weighted by Crippen LogP contribution is -2.42. The highest BCUT2D eigenvalue weighted by Gasteiger charge is 2.22. The number of carbonyl (C=O) groups is 1. The monoisotopic (exact) mass is 330 g/mol. The summed E-state index contributed by atoms with van der Waals surface area (Å²) < 4.78 is 0. The lowest BCUT2D eigenvalue weighted by molar-refractivity contribution is 0.192. The van der Waals surface area contributed by atoms with Gasteiger partial charge in [0.15, 0.2) is 0 Å². The molecule has 23 heavy (non-hydrogen) atoms. The predicted octanol–water partition coefficient (Wildman–Crippen LogP) is 3.10. The fourth-order valence-corrected chi connectivity index (χ4v) is 3.40. The summed E-state index contributed by atoms with van der Waals surface area (Å²) in [6, 6.07) is 8.27. The van der Waals surface area contributed by atoms with Crippen LogP contribution in [-0.2, 0) is 24.9 Å². The van der Waals surface area contributed by atoms with E-state index in [0.717, 1.165) is 23.0 Å². The Morgan fingerprint density at radius 3 is 2.70 bits per heavy atom. The Kier molecular flexibility index (Phi) is 4.35. The van der Waals surface area contributed by atoms with E-state index in [1.807, 2.05) is 11.0 Å². The summed E-state index contributed by atoms with van der Waals surface area (Å²) in [4.78, 5) is 14.2. The minimum Gasteiger partial charge on any atom is -0.331 e. The van der Waals surface area contributed by atoms with Gasteiger partial charge >= 0.3 is 6.03 Å². The van der Waals surface area contributed by atoms with Crippen LogP contribution in [0.3, 0.4) is 0 Å². The molecule has 2 amide bonds. The molecule has 6 heteroatoms. The van der Waals surface area contributed by atoms with Crippen LogP contribution < -0.4 is 5.32 Å². The van der Waals surface area contributed by atoms with Crippen LogP contribution >= 0.6 is 11.3 Å². The minimum absolute atomic E-state index is 0.00347. The molecular formula is C17H22N4OS. The molecule has 0 aliphatic carbocycles. The van der Waals surface area contributed by atoms with Crippen molar-refractivity contribution in [2.75, 3.05) is 6.54 Å². The van der Waals surface area contributed by atoms with Gasteiger partial charge in [0.05, 0.1) is 6.54 Å². The Hall–Kier alpha value is -1.95. The minimum atomic E-state index is -0.0352. The molecular weight excluding hydrogens is 308 g/mol. The van der Waals surface area contributed by atoms with Crippen molar-refractivity contribution >= 4 is 17.4 Å². The number of hydrogen-bond donors (Lipinski definition) is 1. The maximum atomic E-state index is 12.4. The zero-order valence-electron chi connectivity index (χ0n) is 13.8. The van der Waals surface area contributed by atoms with Crippen LogP contribution in [0.1, 0.15) is 41.9 Å². The highest BCUT2D eigenvalue weighted by Crippen LogP contribution is 2.25. The Morgan fingerprint density at radius 1 is 1.26 bits per heavy atom. The summed E-state index contributed by atoms with van der Waals surface area (Å²) in [7, 11) is 0. The second kappa shape index (κ2) is 6.28. The Bertz CT molecular complexity index is 705. The molecule has 2 aromatic rings. The molecule has 3 rings (SSSR count). The van der Waals surface area contributed by atoms with Crippen molar-refractivity contribution in [1.82, 2.24) is 20.4 Å². The summed E-state index contributed by atoms with van der Waals surface area (Å²) >= 11 is 1.56. The first kappa shape index (κ1) is 15.9. The number of benzene rings is 1. The van der Waals surface area contributed by atoms with Gasteiger partial charge in [-0.3, -0.25) is 0 Å². The molecule has 1 aliphatic rings. The van der Waals surface area contributed by atoms with Crippen LogP contribution in [0.5, 0.6) is 0 Å². The zero-order chi connectivity index (χ0) is 16.4. The van der Waals surface area contributed by atoms with E-state index in [4.69, 9.17) is 0 Å². The highest BCUT2D eigenvalue weighted by molar-refractivity contribution is 7.11. The second-order valence-corrected chi connectivity index (χ2v) is 7.91. The summed E-state index contributed by atoms with van der Waals surface area (Å²) in [5, 5.41) is 13.2. The number of fused-ring (bicyclic) bond motifs is 1. The maximum Gasteiger partial charge on any atom is 0.318 e. The van der Waals surface area contributed by atoms with E-state index in [1.165, 1.54) is 11.1 Å². The SMILES string of the molecule is CC(C)(C)c1nnc(CNC(=O)N2CCc3ccccc3C2)s1. The van der Waals surface area contributed by atoms with Gasteiger partial charge in [-0.15, -0.1) is 10.2 Å². The average Bonchev–Trinajstić information content (AvgIpc) is 3.01. The van der Waals surface area contributed by atoms with E-state index in [1.54, 1.807) is 11.3 Å². The fraction of sp³-hybridized carbons (Fsp3) is 0.471. The quantitative estimate of drug-likeness (QED) is 0.920. The first-order chi connectivity index (χ1) is 10.9. The Balaban J connectivity index is 1.57. The zero-order valence-corrected chi connectivity index (χ0v) is 14.6. The molecule has 122 valence electrons. The van der Waals surface area contributed by atoms with Gasteiger partial charge in [-0.1, -0.05) is 56.4 Å². The smallest absolute Gasteiger partial charge is 0.318 e. The molecule has 0 fully saturated rings. The summed E-state index contributed by atoms with van der Waals surface area (Å²) in [5.41, 5.74) is 2.58. The number of carbonyl (C=O) groups excluding carboxylic acids is 1. The van der Waals surface area contributed by atoms with Crippen LogP contribution in [0.4, 0.5) is 4.79 Å². The van der Waals surface area contributed by atoms with Crippen LogP contribution in [-0.4, -0.2) is 27.7 Å². The molecule has 0 unspecified atom stereocenters. The van der Waals surface area contributed by atoms with E-state index >= 15 is 0 Å². The number of urea groups is 1. The van der Waals surface area contributed by atoms with Gasteiger partial charge in [0, 0.05) is 18.5 Å². The fourth-order valence-electron chi connectivity index (χ4n) is 2.56. The topological polar surface area (TPSA) is 58.1 Å². The molecule has 2 heterocycles. The van der Waals surface area contributed by atoms with E-state index in [0.29, 0.717) is 13.1 Å². The van der Waals surface area contributed by atoms with E-state index < -0.39 is 0 Å². The molecule has 0 radical (unpaired) electrons. The Labute approximate surface area is 140 Å². The molecule has 1 aromatic heterocycles. The van der Waals surface area contributed by atoms with Gasteiger partial charge in [0.1, 0.15) is 10.0 Å². The van der Waals surface area contributed by atoms with Gasteiger partial charge < -0.3 is 10.2 Å². The molecule has 0 saturated carbocycles. The largest absolute Gasteiger partial charge is 0.331 e. The molecule has 1 aliphatic heterocycles. The number of hydrogen-bond acceptors (Lipinski definition) is 4. The number of nitrogens with zero attached hydrogens (tertiary/aromatic N) is 3. The van der Waals surface area contributed by atoms with Crippen LogP contribution in [0.15, 0.2) is 24.3 Å². The van der Waals surface area contributed by atoms with Crippen molar-refractivity contribution in [3.63, 3.8) is 0 Å². The third-order valence-corrected chi connectivity index (χ3v) is 5.27. The van der Waals surface area contributed by atoms with Gasteiger partial charge in [-0.05, 0) is 17.5 Å². The third-order valence-electron chi connectivity index (χ3n) is 3.92. The molecule has 1 aromatic carbocycles. The molecule has 1 N–H and O–H groups in total. The molecule has 0 atom stereocenters. The molecule has 0 spiro atoms. The van der Waals surface area contributed by atoms with Crippen molar-refractivity contribution in [2.45, 2.75) is 45.7 Å². The summed E-state index contributed by atoms with van der Waals surface area (Å²) in [6.45, 7) is 8.20. The van der Waals surface area contributed by atoms with Crippen LogP contribution in [0.2, 0.25) is 0 Å². The first-order valence-corrected chi connectivity index (χ1v) is 8.67. The highest BCUT2D eigenvalue weighted by atomic mass is 32.1. The average molecular weight is 330 g/mol. The van der Waals surface area contributed by atoms with Gasteiger partial charge in [0.2, 0.25) is 0 Å². The number of amides is 2. The standard InChI is InChI=1S/C17H22N4OS/c1-17(2,3)15-20-19-14(23-15)10-18-16(22)21-9-8-12-6-4-5-7-13(12)11-21/h4-7H,8-11H2,1-3H3,(H,18,22). The summed E-state index contributed by atoms with van der Waals surface area (Å²) in [5.74, 6) is 0. The lowest BCUT2D eigenvalue weighted by Gasteiger charge is -2.28. The first-order valence-electron chi connectivity index (χ1n) is 7.86. The van der Waals surface area contributed by atoms with Crippen molar-refractivity contribution in [3.05, 3.63) is 45.4 Å². The molecule has 0 saturated heterocycles.